The van der Waals surface area contributed by atoms with Gasteiger partial charge in [-0.3, -0.25) is 4.90 Å². The van der Waals surface area contributed by atoms with Crippen molar-refractivity contribution in [2.24, 2.45) is 0 Å². The van der Waals surface area contributed by atoms with Crippen LogP contribution in [0.2, 0.25) is 0 Å². The van der Waals surface area contributed by atoms with Crippen LogP contribution in [0.4, 0.5) is 0 Å². The number of aromatic nitrogens is 2. The van der Waals surface area contributed by atoms with Crippen LogP contribution >= 0.6 is 11.3 Å². The third-order valence-corrected chi connectivity index (χ3v) is 7.17. The van der Waals surface area contributed by atoms with Gasteiger partial charge < -0.3 is 4.74 Å². The summed E-state index contributed by atoms with van der Waals surface area (Å²) in [5.74, 6) is 1.31. The minimum Gasteiger partial charge on any atom is -0.488 e. The van der Waals surface area contributed by atoms with Crippen molar-refractivity contribution in [3.63, 3.8) is 0 Å². The van der Waals surface area contributed by atoms with Gasteiger partial charge in [-0.15, -0.1) is 11.3 Å². The fourth-order valence-corrected chi connectivity index (χ4v) is 4.69. The Morgan fingerprint density at radius 1 is 1.13 bits per heavy atom. The number of pyridine rings is 1. The van der Waals surface area contributed by atoms with Gasteiger partial charge in [0.2, 0.25) is 0 Å². The van der Waals surface area contributed by atoms with E-state index in [0.717, 1.165) is 48.5 Å². The van der Waals surface area contributed by atoms with E-state index in [1.54, 1.807) is 23.6 Å². The van der Waals surface area contributed by atoms with Crippen molar-refractivity contribution >= 4 is 21.2 Å². The minimum absolute atomic E-state index is 0.0822. The monoisotopic (exact) mass is 443 g/mol. The van der Waals surface area contributed by atoms with E-state index in [0.29, 0.717) is 5.92 Å². The van der Waals surface area contributed by atoms with E-state index in [4.69, 9.17) is 9.72 Å². The Labute approximate surface area is 181 Å². The highest BCUT2D eigenvalue weighted by molar-refractivity contribution is 7.90. The summed E-state index contributed by atoms with van der Waals surface area (Å²) in [6.45, 7) is 7.00. The highest BCUT2D eigenvalue weighted by Crippen LogP contribution is 2.26. The van der Waals surface area contributed by atoms with Gasteiger partial charge in [0.15, 0.2) is 14.9 Å². The van der Waals surface area contributed by atoms with Crippen molar-refractivity contribution in [2.75, 3.05) is 19.3 Å². The maximum atomic E-state index is 11.5. The molecule has 1 aliphatic rings. The van der Waals surface area contributed by atoms with Crippen LogP contribution in [-0.2, 0) is 16.4 Å². The molecule has 0 aliphatic carbocycles. The van der Waals surface area contributed by atoms with E-state index in [-0.39, 0.29) is 11.1 Å². The largest absolute Gasteiger partial charge is 0.488 e. The summed E-state index contributed by atoms with van der Waals surface area (Å²) in [7, 11) is -3.28. The highest BCUT2D eigenvalue weighted by Gasteiger charge is 2.29. The number of likely N-dealkylation sites (tertiary alicyclic amines) is 1. The highest BCUT2D eigenvalue weighted by atomic mass is 32.2. The fraction of sp³-hybridized carbons (Fsp3) is 0.364. The van der Waals surface area contributed by atoms with Crippen molar-refractivity contribution in [2.45, 2.75) is 37.4 Å². The fourth-order valence-electron chi connectivity index (χ4n) is 3.30. The molecular formula is C22H25N3O3S2. The van der Waals surface area contributed by atoms with Gasteiger partial charge in [-0.05, 0) is 29.8 Å². The number of nitrogens with zero attached hydrogens (tertiary/aromatic N) is 3. The third kappa shape index (κ3) is 4.88. The molecule has 0 bridgehead atoms. The van der Waals surface area contributed by atoms with Gasteiger partial charge in [-0.25, -0.2) is 18.4 Å². The maximum Gasteiger partial charge on any atom is 0.192 e. The second kappa shape index (κ2) is 8.45. The summed E-state index contributed by atoms with van der Waals surface area (Å²) in [5, 5.41) is 3.43. The summed E-state index contributed by atoms with van der Waals surface area (Å²) in [5.41, 5.74) is 2.98. The second-order valence-corrected chi connectivity index (χ2v) is 10.8. The van der Waals surface area contributed by atoms with Gasteiger partial charge in [0, 0.05) is 48.9 Å². The molecule has 158 valence electrons. The van der Waals surface area contributed by atoms with Crippen molar-refractivity contribution in [3.8, 4) is 16.9 Å². The molecule has 4 rings (SSSR count). The zero-order chi connectivity index (χ0) is 21.3. The van der Waals surface area contributed by atoms with Crippen LogP contribution in [0, 0.1) is 0 Å². The van der Waals surface area contributed by atoms with Crippen LogP contribution in [0.15, 0.2) is 53.0 Å². The first kappa shape index (κ1) is 21.0. The average Bonchev–Trinajstić information content (AvgIpc) is 3.15. The third-order valence-electron chi connectivity index (χ3n) is 4.98. The quantitative estimate of drug-likeness (QED) is 0.550. The molecule has 6 nitrogen and oxygen atoms in total. The molecule has 30 heavy (non-hydrogen) atoms. The summed E-state index contributed by atoms with van der Waals surface area (Å²) >= 11 is 1.74. The zero-order valence-corrected chi connectivity index (χ0v) is 18.9. The maximum absolute atomic E-state index is 11.5. The molecule has 0 radical (unpaired) electrons. The van der Waals surface area contributed by atoms with Crippen molar-refractivity contribution in [1.29, 1.82) is 0 Å². The summed E-state index contributed by atoms with van der Waals surface area (Å²) in [4.78, 5) is 11.1. The molecule has 3 aromatic rings. The first-order chi connectivity index (χ1) is 14.3. The van der Waals surface area contributed by atoms with E-state index in [1.807, 2.05) is 24.3 Å². The molecule has 1 aromatic carbocycles. The van der Waals surface area contributed by atoms with Gasteiger partial charge in [0.1, 0.15) is 11.9 Å². The second-order valence-electron chi connectivity index (χ2n) is 7.95. The molecule has 8 heteroatoms. The van der Waals surface area contributed by atoms with Gasteiger partial charge in [-0.2, -0.15) is 0 Å². The number of thiazole rings is 1. The molecule has 0 unspecified atom stereocenters. The molecule has 0 atom stereocenters. The van der Waals surface area contributed by atoms with Crippen molar-refractivity contribution in [1.82, 2.24) is 14.9 Å². The van der Waals surface area contributed by atoms with E-state index < -0.39 is 9.84 Å². The SMILES string of the molecule is CC(C)c1nc(CN2CC(Oc3ccc(-c4ccc(S(C)(=O)=O)nc4)cc3)C2)cs1. The van der Waals surface area contributed by atoms with Crippen LogP contribution in [0.25, 0.3) is 11.1 Å². The number of rotatable bonds is 7. The van der Waals surface area contributed by atoms with Gasteiger partial charge in [0.05, 0.1) is 10.7 Å². The Morgan fingerprint density at radius 2 is 1.83 bits per heavy atom. The molecule has 3 heterocycles. The van der Waals surface area contributed by atoms with Crippen LogP contribution < -0.4 is 4.74 Å². The lowest BCUT2D eigenvalue weighted by molar-refractivity contribution is 0.0139. The summed E-state index contributed by atoms with van der Waals surface area (Å²) < 4.78 is 29.1. The molecule has 0 spiro atoms. The van der Waals surface area contributed by atoms with Crippen LogP contribution in [-0.4, -0.2) is 48.7 Å². The average molecular weight is 444 g/mol. The Balaban J connectivity index is 1.29. The number of hydrogen-bond donors (Lipinski definition) is 0. The van der Waals surface area contributed by atoms with Gasteiger partial charge in [0.25, 0.3) is 0 Å². The van der Waals surface area contributed by atoms with Crippen molar-refractivity contribution < 1.29 is 13.2 Å². The number of sulfone groups is 1. The van der Waals surface area contributed by atoms with E-state index in [9.17, 15) is 8.42 Å². The predicted octanol–water partition coefficient (Wildman–Crippen LogP) is 4.00. The lowest BCUT2D eigenvalue weighted by Crippen LogP contribution is -2.53. The van der Waals surface area contributed by atoms with Gasteiger partial charge >= 0.3 is 0 Å². The molecular weight excluding hydrogens is 418 g/mol. The van der Waals surface area contributed by atoms with E-state index in [2.05, 4.69) is 29.1 Å². The van der Waals surface area contributed by atoms with E-state index in [1.165, 1.54) is 11.1 Å². The lowest BCUT2D eigenvalue weighted by atomic mass is 10.1. The topological polar surface area (TPSA) is 72.4 Å². The normalized spacial score (nSPS) is 15.3. The number of benzene rings is 1. The minimum atomic E-state index is -3.28. The zero-order valence-electron chi connectivity index (χ0n) is 17.3. The lowest BCUT2D eigenvalue weighted by Gasteiger charge is -2.38. The summed E-state index contributed by atoms with van der Waals surface area (Å²) in [6.07, 6.45) is 2.93. The van der Waals surface area contributed by atoms with Crippen molar-refractivity contribution in [3.05, 3.63) is 58.7 Å². The molecule has 0 saturated carbocycles. The Hall–Kier alpha value is -2.29. The number of ether oxygens (including phenoxy) is 1. The Bertz CT molecular complexity index is 1100. The van der Waals surface area contributed by atoms with Crippen LogP contribution in [0.5, 0.6) is 5.75 Å². The first-order valence-electron chi connectivity index (χ1n) is 9.88. The van der Waals surface area contributed by atoms with Gasteiger partial charge in [-0.1, -0.05) is 26.0 Å². The molecule has 1 aliphatic heterocycles. The molecule has 0 amide bonds. The Kier molecular flexibility index (Phi) is 5.90. The molecule has 1 fully saturated rings. The van der Waals surface area contributed by atoms with Crippen LogP contribution in [0.3, 0.4) is 0 Å². The van der Waals surface area contributed by atoms with E-state index >= 15 is 0 Å². The van der Waals surface area contributed by atoms with Crippen LogP contribution in [0.1, 0.15) is 30.5 Å². The Morgan fingerprint density at radius 3 is 2.40 bits per heavy atom. The predicted molar refractivity (Wildman–Crippen MR) is 119 cm³/mol. The molecule has 1 saturated heterocycles. The smallest absolute Gasteiger partial charge is 0.192 e. The standard InChI is InChI=1S/C22H25N3O3S2/c1-15(2)22-24-18(14-29-22)11-25-12-20(13-25)28-19-7-4-16(5-8-19)17-6-9-21(23-10-17)30(3,26)27/h4-10,14-15,20H,11-13H2,1-3H3. The first-order valence-corrected chi connectivity index (χ1v) is 12.6. The molecule has 2 aromatic heterocycles. The number of hydrogen-bond acceptors (Lipinski definition) is 7. The summed E-state index contributed by atoms with van der Waals surface area (Å²) in [6, 6.07) is 11.1. The molecule has 0 N–H and O–H groups in total.